The predicted octanol–water partition coefficient (Wildman–Crippen LogP) is 0.938. The summed E-state index contributed by atoms with van der Waals surface area (Å²) < 4.78 is 25.6. The Labute approximate surface area is 96.1 Å². The van der Waals surface area contributed by atoms with Gasteiger partial charge in [-0.1, -0.05) is 19.9 Å². The quantitative estimate of drug-likeness (QED) is 0.806. The normalized spacial score (nSPS) is 11.8. The minimum atomic E-state index is -3.30. The van der Waals surface area contributed by atoms with E-state index in [1.807, 2.05) is 13.8 Å². The van der Waals surface area contributed by atoms with Crippen molar-refractivity contribution < 1.29 is 8.42 Å². The van der Waals surface area contributed by atoms with E-state index in [0.29, 0.717) is 12.4 Å². The van der Waals surface area contributed by atoms with Gasteiger partial charge in [0, 0.05) is 12.7 Å². The molecule has 5 nitrogen and oxygen atoms in total. The molecule has 1 aromatic heterocycles. The van der Waals surface area contributed by atoms with Crippen LogP contribution in [0.5, 0.6) is 0 Å². The zero-order valence-corrected chi connectivity index (χ0v) is 10.3. The third kappa shape index (κ3) is 4.16. The molecule has 0 fully saturated rings. The maximum Gasteiger partial charge on any atom is 0.234 e. The van der Waals surface area contributed by atoms with E-state index in [9.17, 15) is 8.42 Å². The molecule has 0 radical (unpaired) electrons. The van der Waals surface area contributed by atoms with Crippen molar-refractivity contribution in [3.05, 3.63) is 23.9 Å². The van der Waals surface area contributed by atoms with E-state index in [1.54, 1.807) is 18.3 Å². The van der Waals surface area contributed by atoms with Gasteiger partial charge in [-0.05, 0) is 17.5 Å². The molecule has 3 N–H and O–H groups in total. The van der Waals surface area contributed by atoms with Crippen molar-refractivity contribution in [2.75, 3.05) is 10.5 Å². The molecule has 0 aromatic carbocycles. The van der Waals surface area contributed by atoms with Crippen LogP contribution in [0, 0.1) is 5.92 Å². The summed E-state index contributed by atoms with van der Waals surface area (Å²) in [6.07, 6.45) is 1.56. The number of nitrogens with two attached hydrogens (primary N) is 1. The van der Waals surface area contributed by atoms with E-state index in [0.717, 1.165) is 5.56 Å². The fourth-order valence-corrected chi connectivity index (χ4v) is 2.65. The van der Waals surface area contributed by atoms with Gasteiger partial charge in [0.05, 0.1) is 5.75 Å². The number of nitrogens with zero attached hydrogens (tertiary/aromatic N) is 1. The van der Waals surface area contributed by atoms with Crippen LogP contribution in [0.2, 0.25) is 0 Å². The average molecular weight is 243 g/mol. The highest BCUT2D eigenvalue weighted by Gasteiger charge is 2.13. The zero-order valence-electron chi connectivity index (χ0n) is 9.47. The Balaban J connectivity index is 2.72. The average Bonchev–Trinajstić information content (AvgIpc) is 2.16. The van der Waals surface area contributed by atoms with E-state index >= 15 is 0 Å². The van der Waals surface area contributed by atoms with Gasteiger partial charge in [0.2, 0.25) is 10.0 Å². The number of rotatable bonds is 5. The molecule has 6 heteroatoms. The zero-order chi connectivity index (χ0) is 12.2. The first kappa shape index (κ1) is 12.9. The van der Waals surface area contributed by atoms with Crippen molar-refractivity contribution in [1.82, 2.24) is 4.98 Å². The van der Waals surface area contributed by atoms with E-state index in [2.05, 4.69) is 9.71 Å². The minimum Gasteiger partial charge on any atom is -0.326 e. The van der Waals surface area contributed by atoms with Crippen molar-refractivity contribution in [3.8, 4) is 0 Å². The Morgan fingerprint density at radius 3 is 2.56 bits per heavy atom. The Bertz CT molecular complexity index is 426. The molecule has 0 amide bonds. The van der Waals surface area contributed by atoms with Gasteiger partial charge in [-0.3, -0.25) is 4.72 Å². The van der Waals surface area contributed by atoms with Gasteiger partial charge in [0.25, 0.3) is 0 Å². The molecule has 0 bridgehead atoms. The lowest BCUT2D eigenvalue weighted by molar-refractivity contribution is 0.587. The van der Waals surface area contributed by atoms with Crippen LogP contribution in [0.15, 0.2) is 18.3 Å². The van der Waals surface area contributed by atoms with E-state index in [-0.39, 0.29) is 11.7 Å². The summed E-state index contributed by atoms with van der Waals surface area (Å²) in [5.74, 6) is 0.506. The largest absolute Gasteiger partial charge is 0.326 e. The lowest BCUT2D eigenvalue weighted by atomic mass is 10.3. The second-order valence-corrected chi connectivity index (χ2v) is 5.80. The first-order valence-corrected chi connectivity index (χ1v) is 6.73. The molecular formula is C10H17N3O2S. The standard InChI is InChI=1S/C10H17N3O2S/c1-8(2)7-16(14,15)13-10-4-3-9(5-11)6-12-10/h3-4,6,8H,5,7,11H2,1-2H3,(H,12,13). The van der Waals surface area contributed by atoms with Gasteiger partial charge in [0.1, 0.15) is 5.82 Å². The maximum atomic E-state index is 11.6. The van der Waals surface area contributed by atoms with E-state index in [4.69, 9.17) is 5.73 Å². The topological polar surface area (TPSA) is 85.1 Å². The first-order chi connectivity index (χ1) is 7.43. The fraction of sp³-hybridized carbons (Fsp3) is 0.500. The van der Waals surface area contributed by atoms with Crippen molar-refractivity contribution >= 4 is 15.8 Å². The third-order valence-electron chi connectivity index (χ3n) is 1.87. The SMILES string of the molecule is CC(C)CS(=O)(=O)Nc1ccc(CN)cn1. The lowest BCUT2D eigenvalue weighted by Crippen LogP contribution is -2.20. The Morgan fingerprint density at radius 2 is 2.12 bits per heavy atom. The monoisotopic (exact) mass is 243 g/mol. The minimum absolute atomic E-state index is 0.0841. The molecular weight excluding hydrogens is 226 g/mol. The molecule has 0 unspecified atom stereocenters. The number of hydrogen-bond donors (Lipinski definition) is 2. The van der Waals surface area contributed by atoms with Crippen molar-refractivity contribution in [2.24, 2.45) is 11.7 Å². The first-order valence-electron chi connectivity index (χ1n) is 5.08. The molecule has 0 atom stereocenters. The smallest absolute Gasteiger partial charge is 0.234 e. The van der Waals surface area contributed by atoms with Crippen LogP contribution in [0.1, 0.15) is 19.4 Å². The Hall–Kier alpha value is -1.14. The summed E-state index contributed by atoms with van der Waals surface area (Å²) >= 11 is 0. The molecule has 0 aliphatic heterocycles. The molecule has 0 saturated carbocycles. The fourth-order valence-electron chi connectivity index (χ4n) is 1.25. The van der Waals surface area contributed by atoms with Gasteiger partial charge in [0.15, 0.2) is 0 Å². The highest BCUT2D eigenvalue weighted by molar-refractivity contribution is 7.92. The maximum absolute atomic E-state index is 11.6. The summed E-state index contributed by atoms with van der Waals surface area (Å²) in [5.41, 5.74) is 6.28. The summed E-state index contributed by atoms with van der Waals surface area (Å²) in [6.45, 7) is 4.10. The molecule has 0 aliphatic carbocycles. The number of aromatic nitrogens is 1. The number of sulfonamides is 1. The van der Waals surface area contributed by atoms with Crippen LogP contribution in [0.3, 0.4) is 0 Å². The third-order valence-corrected chi connectivity index (χ3v) is 3.50. The summed E-state index contributed by atoms with van der Waals surface area (Å²) in [6, 6.07) is 3.36. The Morgan fingerprint density at radius 1 is 1.44 bits per heavy atom. The van der Waals surface area contributed by atoms with Crippen LogP contribution < -0.4 is 10.5 Å². The van der Waals surface area contributed by atoms with Gasteiger partial charge in [-0.25, -0.2) is 13.4 Å². The molecule has 1 aromatic rings. The summed E-state index contributed by atoms with van der Waals surface area (Å²) in [7, 11) is -3.30. The molecule has 16 heavy (non-hydrogen) atoms. The van der Waals surface area contributed by atoms with Crippen molar-refractivity contribution in [3.63, 3.8) is 0 Å². The molecule has 0 spiro atoms. The highest BCUT2D eigenvalue weighted by atomic mass is 32.2. The highest BCUT2D eigenvalue weighted by Crippen LogP contribution is 2.08. The van der Waals surface area contributed by atoms with Crippen LogP contribution in [-0.2, 0) is 16.6 Å². The predicted molar refractivity (Wildman–Crippen MR) is 64.4 cm³/mol. The van der Waals surface area contributed by atoms with Crippen molar-refractivity contribution in [1.29, 1.82) is 0 Å². The van der Waals surface area contributed by atoms with Gasteiger partial charge >= 0.3 is 0 Å². The summed E-state index contributed by atoms with van der Waals surface area (Å²) in [4.78, 5) is 3.97. The molecule has 0 saturated heterocycles. The second-order valence-electron chi connectivity index (χ2n) is 4.03. The lowest BCUT2D eigenvalue weighted by Gasteiger charge is -2.09. The van der Waals surface area contributed by atoms with E-state index < -0.39 is 10.0 Å². The van der Waals surface area contributed by atoms with Crippen LogP contribution in [0.25, 0.3) is 0 Å². The number of nitrogens with one attached hydrogen (secondary N) is 1. The molecule has 90 valence electrons. The van der Waals surface area contributed by atoms with Crippen LogP contribution in [-0.4, -0.2) is 19.2 Å². The molecule has 0 aliphatic rings. The van der Waals surface area contributed by atoms with Gasteiger partial charge in [-0.2, -0.15) is 0 Å². The number of hydrogen-bond acceptors (Lipinski definition) is 4. The van der Waals surface area contributed by atoms with Crippen LogP contribution in [0.4, 0.5) is 5.82 Å². The van der Waals surface area contributed by atoms with Gasteiger partial charge in [-0.15, -0.1) is 0 Å². The number of anilines is 1. The summed E-state index contributed by atoms with van der Waals surface area (Å²) in [5, 5.41) is 0. The molecule has 1 rings (SSSR count). The second kappa shape index (κ2) is 5.27. The van der Waals surface area contributed by atoms with Gasteiger partial charge < -0.3 is 5.73 Å². The Kier molecular flexibility index (Phi) is 4.26. The van der Waals surface area contributed by atoms with E-state index in [1.165, 1.54) is 0 Å². The molecule has 1 heterocycles. The number of pyridine rings is 1. The van der Waals surface area contributed by atoms with Crippen molar-refractivity contribution in [2.45, 2.75) is 20.4 Å². The van der Waals surface area contributed by atoms with Crippen LogP contribution >= 0.6 is 0 Å².